The summed E-state index contributed by atoms with van der Waals surface area (Å²) in [5, 5.41) is 21.7. The van der Waals surface area contributed by atoms with E-state index in [1.165, 1.54) is 42.8 Å². The molecule has 0 aliphatic heterocycles. The molecule has 3 aromatic rings. The minimum absolute atomic E-state index is 0.0753. The van der Waals surface area contributed by atoms with Gasteiger partial charge in [0.2, 0.25) is 0 Å². The lowest BCUT2D eigenvalue weighted by Crippen LogP contribution is -1.96. The fourth-order valence-corrected chi connectivity index (χ4v) is 2.96. The lowest BCUT2D eigenvalue weighted by molar-refractivity contribution is -0.384. The number of methoxy groups -OCH3 is 1. The van der Waals surface area contributed by atoms with Crippen molar-refractivity contribution < 1.29 is 19.6 Å². The topological polar surface area (TPSA) is 107 Å². The standard InChI is InChI=1S/C13H9N3O5S/c1-21-11-3-2-7(16(19)20)4-8(11)10-6-22-13-14-9(12(17)18)5-15(10)13/h2-6H,1H3,(H,17,18). The fourth-order valence-electron chi connectivity index (χ4n) is 2.09. The number of nitrogens with zero attached hydrogens (tertiary/aromatic N) is 3. The number of imidazole rings is 1. The van der Waals surface area contributed by atoms with E-state index in [9.17, 15) is 14.9 Å². The molecule has 0 bridgehead atoms. The summed E-state index contributed by atoms with van der Waals surface area (Å²) in [7, 11) is 1.46. The number of hydrogen-bond acceptors (Lipinski definition) is 6. The maximum atomic E-state index is 11.0. The van der Waals surface area contributed by atoms with E-state index in [0.29, 0.717) is 22.0 Å². The number of aromatic carboxylic acids is 1. The molecule has 0 atom stereocenters. The summed E-state index contributed by atoms with van der Waals surface area (Å²) in [4.78, 5) is 25.9. The average Bonchev–Trinajstić information content (AvgIpc) is 3.06. The number of carboxylic acids is 1. The minimum Gasteiger partial charge on any atom is -0.496 e. The van der Waals surface area contributed by atoms with Crippen molar-refractivity contribution in [2.45, 2.75) is 0 Å². The van der Waals surface area contributed by atoms with Gasteiger partial charge in [-0.05, 0) is 6.07 Å². The van der Waals surface area contributed by atoms with E-state index in [1.807, 2.05) is 0 Å². The SMILES string of the molecule is COc1ccc([N+](=O)[O-])cc1-c1csc2nc(C(=O)O)cn12. The largest absolute Gasteiger partial charge is 0.496 e. The first kappa shape index (κ1) is 14.0. The first-order valence-corrected chi connectivity index (χ1v) is 6.92. The van der Waals surface area contributed by atoms with E-state index in [2.05, 4.69) is 4.98 Å². The van der Waals surface area contributed by atoms with Crippen LogP contribution < -0.4 is 4.74 Å². The molecule has 22 heavy (non-hydrogen) atoms. The van der Waals surface area contributed by atoms with Gasteiger partial charge in [0.1, 0.15) is 5.75 Å². The molecule has 0 spiro atoms. The second-order valence-corrected chi connectivity index (χ2v) is 5.18. The Morgan fingerprint density at radius 1 is 1.50 bits per heavy atom. The quantitative estimate of drug-likeness (QED) is 0.585. The van der Waals surface area contributed by atoms with Crippen molar-refractivity contribution in [2.24, 2.45) is 0 Å². The number of ether oxygens (including phenoxy) is 1. The zero-order chi connectivity index (χ0) is 15.9. The van der Waals surface area contributed by atoms with Crippen LogP contribution in [0, 0.1) is 10.1 Å². The monoisotopic (exact) mass is 319 g/mol. The Morgan fingerprint density at radius 2 is 2.27 bits per heavy atom. The van der Waals surface area contributed by atoms with Gasteiger partial charge in [0.25, 0.3) is 5.69 Å². The number of aromatic nitrogens is 2. The van der Waals surface area contributed by atoms with E-state index < -0.39 is 10.9 Å². The van der Waals surface area contributed by atoms with Gasteiger partial charge in [0, 0.05) is 29.3 Å². The molecule has 0 unspecified atom stereocenters. The Hall–Kier alpha value is -2.94. The van der Waals surface area contributed by atoms with Crippen molar-refractivity contribution in [3.8, 4) is 17.0 Å². The Kier molecular flexibility index (Phi) is 3.26. The molecule has 0 aliphatic carbocycles. The van der Waals surface area contributed by atoms with Crippen LogP contribution >= 0.6 is 11.3 Å². The van der Waals surface area contributed by atoms with Gasteiger partial charge in [-0.3, -0.25) is 14.5 Å². The Labute approximate surface area is 127 Å². The molecule has 8 nitrogen and oxygen atoms in total. The van der Waals surface area contributed by atoms with Gasteiger partial charge in [0.15, 0.2) is 10.7 Å². The molecular formula is C13H9N3O5S. The molecule has 3 rings (SSSR count). The van der Waals surface area contributed by atoms with Gasteiger partial charge in [0.05, 0.1) is 17.7 Å². The first-order chi connectivity index (χ1) is 10.5. The Morgan fingerprint density at radius 3 is 2.91 bits per heavy atom. The highest BCUT2D eigenvalue weighted by Gasteiger charge is 2.18. The number of hydrogen-bond donors (Lipinski definition) is 1. The summed E-state index contributed by atoms with van der Waals surface area (Å²) in [6, 6.07) is 4.25. The normalized spacial score (nSPS) is 10.8. The van der Waals surface area contributed by atoms with Gasteiger partial charge in [-0.1, -0.05) is 0 Å². The van der Waals surface area contributed by atoms with Gasteiger partial charge >= 0.3 is 5.97 Å². The molecule has 2 heterocycles. The molecule has 2 aromatic heterocycles. The Balaban J connectivity index is 2.23. The predicted molar refractivity (Wildman–Crippen MR) is 78.7 cm³/mol. The van der Waals surface area contributed by atoms with E-state index in [4.69, 9.17) is 9.84 Å². The predicted octanol–water partition coefficient (Wildman–Crippen LogP) is 2.68. The van der Waals surface area contributed by atoms with Gasteiger partial charge in [-0.15, -0.1) is 11.3 Å². The molecule has 1 aromatic carbocycles. The van der Waals surface area contributed by atoms with Crippen LogP contribution in [0.3, 0.4) is 0 Å². The summed E-state index contributed by atoms with van der Waals surface area (Å²) < 4.78 is 6.82. The van der Waals surface area contributed by atoms with Crippen LogP contribution in [0.5, 0.6) is 5.75 Å². The third kappa shape index (κ3) is 2.17. The molecular weight excluding hydrogens is 310 g/mol. The number of fused-ring (bicyclic) bond motifs is 1. The number of carboxylic acid groups (broad SMARTS) is 1. The summed E-state index contributed by atoms with van der Waals surface area (Å²) in [6.45, 7) is 0. The summed E-state index contributed by atoms with van der Waals surface area (Å²) >= 11 is 1.24. The molecule has 0 amide bonds. The van der Waals surface area contributed by atoms with Crippen LogP contribution in [-0.4, -0.2) is 32.5 Å². The van der Waals surface area contributed by atoms with Crippen LogP contribution in [0.2, 0.25) is 0 Å². The smallest absolute Gasteiger partial charge is 0.356 e. The minimum atomic E-state index is -1.13. The summed E-state index contributed by atoms with van der Waals surface area (Å²) in [5.41, 5.74) is 0.920. The third-order valence-electron chi connectivity index (χ3n) is 3.10. The summed E-state index contributed by atoms with van der Waals surface area (Å²) in [5.74, 6) is -0.677. The highest BCUT2D eigenvalue weighted by Crippen LogP contribution is 2.35. The molecule has 1 N–H and O–H groups in total. The maximum absolute atomic E-state index is 11.0. The lowest BCUT2D eigenvalue weighted by atomic mass is 10.1. The number of nitro groups is 1. The lowest BCUT2D eigenvalue weighted by Gasteiger charge is -2.07. The second kappa shape index (κ2) is 5.11. The van der Waals surface area contributed by atoms with E-state index in [1.54, 1.807) is 9.78 Å². The van der Waals surface area contributed by atoms with Crippen LogP contribution in [0.1, 0.15) is 10.5 Å². The van der Waals surface area contributed by atoms with Crippen molar-refractivity contribution in [3.05, 3.63) is 45.6 Å². The number of non-ortho nitro benzene ring substituents is 1. The van der Waals surface area contributed by atoms with Crippen molar-refractivity contribution in [3.63, 3.8) is 0 Å². The molecule has 0 fully saturated rings. The third-order valence-corrected chi connectivity index (χ3v) is 3.94. The number of benzene rings is 1. The molecule has 0 saturated heterocycles. The number of rotatable bonds is 4. The first-order valence-electron chi connectivity index (χ1n) is 6.04. The fraction of sp³-hybridized carbons (Fsp3) is 0.0769. The van der Waals surface area contributed by atoms with Gasteiger partial charge in [-0.2, -0.15) is 0 Å². The molecule has 112 valence electrons. The number of nitro benzene ring substituents is 1. The average molecular weight is 319 g/mol. The van der Waals surface area contributed by atoms with E-state index in [0.717, 1.165) is 0 Å². The Bertz CT molecular complexity index is 898. The van der Waals surface area contributed by atoms with Gasteiger partial charge < -0.3 is 9.84 Å². The van der Waals surface area contributed by atoms with Crippen molar-refractivity contribution in [1.29, 1.82) is 0 Å². The maximum Gasteiger partial charge on any atom is 0.356 e. The van der Waals surface area contributed by atoms with Crippen LogP contribution in [0.15, 0.2) is 29.8 Å². The van der Waals surface area contributed by atoms with Crippen molar-refractivity contribution in [1.82, 2.24) is 9.38 Å². The molecule has 0 radical (unpaired) electrons. The molecule has 0 saturated carbocycles. The highest BCUT2D eigenvalue weighted by molar-refractivity contribution is 7.15. The molecule has 0 aliphatic rings. The van der Waals surface area contributed by atoms with Crippen molar-refractivity contribution >= 4 is 28.0 Å². The number of thiazole rings is 1. The van der Waals surface area contributed by atoms with Crippen molar-refractivity contribution in [2.75, 3.05) is 7.11 Å². The zero-order valence-corrected chi connectivity index (χ0v) is 12.0. The van der Waals surface area contributed by atoms with Crippen LogP contribution in [-0.2, 0) is 0 Å². The second-order valence-electron chi connectivity index (χ2n) is 4.35. The van der Waals surface area contributed by atoms with E-state index in [-0.39, 0.29) is 11.4 Å². The van der Waals surface area contributed by atoms with Gasteiger partial charge in [-0.25, -0.2) is 9.78 Å². The summed E-state index contributed by atoms with van der Waals surface area (Å²) in [6.07, 6.45) is 1.38. The van der Waals surface area contributed by atoms with Crippen LogP contribution in [0.25, 0.3) is 16.2 Å². The number of carbonyl (C=O) groups is 1. The van der Waals surface area contributed by atoms with E-state index >= 15 is 0 Å². The highest BCUT2D eigenvalue weighted by atomic mass is 32.1. The molecule has 9 heteroatoms. The zero-order valence-electron chi connectivity index (χ0n) is 11.2. The van der Waals surface area contributed by atoms with Crippen LogP contribution in [0.4, 0.5) is 5.69 Å².